The standard InChI is InChI=1S/C20H20N2O2/c1-22-12-14(16-6-2-4-8-18(16)22)10-20(23)21-11-15-13-24-19-9-5-3-7-17(15)19/h2-9,12,15H,10-11,13H2,1H3,(H,21,23)/t15-/m1/s1. The summed E-state index contributed by atoms with van der Waals surface area (Å²) in [6, 6.07) is 16.2. The number of aryl methyl sites for hydroxylation is 1. The van der Waals surface area contributed by atoms with Crippen molar-refractivity contribution >= 4 is 16.8 Å². The number of nitrogens with one attached hydrogen (secondary N) is 1. The number of carbonyl (C=O) groups excluding carboxylic acids is 1. The van der Waals surface area contributed by atoms with Crippen molar-refractivity contribution in [3.8, 4) is 5.75 Å². The van der Waals surface area contributed by atoms with Crippen molar-refractivity contribution in [2.45, 2.75) is 12.3 Å². The second-order valence-electron chi connectivity index (χ2n) is 6.31. The zero-order valence-corrected chi connectivity index (χ0v) is 13.7. The first-order valence-electron chi connectivity index (χ1n) is 8.24. The number of para-hydroxylation sites is 2. The highest BCUT2D eigenvalue weighted by Crippen LogP contribution is 2.32. The Morgan fingerprint density at radius 3 is 2.92 bits per heavy atom. The Morgan fingerprint density at radius 1 is 1.21 bits per heavy atom. The molecule has 0 saturated heterocycles. The highest BCUT2D eigenvalue weighted by Gasteiger charge is 2.24. The van der Waals surface area contributed by atoms with E-state index in [0.717, 1.165) is 22.2 Å². The van der Waals surface area contributed by atoms with Crippen molar-refractivity contribution < 1.29 is 9.53 Å². The van der Waals surface area contributed by atoms with Crippen molar-refractivity contribution in [3.63, 3.8) is 0 Å². The van der Waals surface area contributed by atoms with Gasteiger partial charge in [0.1, 0.15) is 5.75 Å². The van der Waals surface area contributed by atoms with Crippen LogP contribution < -0.4 is 10.1 Å². The molecule has 0 fully saturated rings. The van der Waals surface area contributed by atoms with E-state index in [-0.39, 0.29) is 11.8 Å². The number of benzene rings is 2. The van der Waals surface area contributed by atoms with Crippen molar-refractivity contribution in [3.05, 3.63) is 65.9 Å². The number of carbonyl (C=O) groups is 1. The summed E-state index contributed by atoms with van der Waals surface area (Å²) in [5, 5.41) is 4.20. The average molecular weight is 320 g/mol. The largest absolute Gasteiger partial charge is 0.493 e. The molecule has 0 saturated carbocycles. The Morgan fingerprint density at radius 2 is 2.00 bits per heavy atom. The first-order chi connectivity index (χ1) is 11.7. The van der Waals surface area contributed by atoms with Gasteiger partial charge in [-0.25, -0.2) is 0 Å². The van der Waals surface area contributed by atoms with Gasteiger partial charge in [0.25, 0.3) is 0 Å². The molecule has 0 aliphatic carbocycles. The van der Waals surface area contributed by atoms with E-state index >= 15 is 0 Å². The number of hydrogen-bond acceptors (Lipinski definition) is 2. The van der Waals surface area contributed by atoms with Gasteiger partial charge in [-0.05, 0) is 17.7 Å². The fourth-order valence-corrected chi connectivity index (χ4v) is 3.44. The van der Waals surface area contributed by atoms with E-state index in [1.54, 1.807) is 0 Å². The van der Waals surface area contributed by atoms with Crippen LogP contribution in [-0.4, -0.2) is 23.6 Å². The number of rotatable bonds is 4. The average Bonchev–Trinajstić information content (AvgIpc) is 3.15. The molecule has 0 radical (unpaired) electrons. The van der Waals surface area contributed by atoms with E-state index in [9.17, 15) is 4.79 Å². The molecule has 3 aromatic rings. The maximum atomic E-state index is 12.4. The fraction of sp³-hybridized carbons (Fsp3) is 0.250. The SMILES string of the molecule is Cn1cc(CC(=O)NC[C@@H]2COc3ccccc32)c2ccccc21. The molecule has 1 aliphatic rings. The maximum Gasteiger partial charge on any atom is 0.224 e. The predicted octanol–water partition coefficient (Wildman–Crippen LogP) is 3.01. The third-order valence-corrected chi connectivity index (χ3v) is 4.67. The highest BCUT2D eigenvalue weighted by molar-refractivity contribution is 5.89. The Labute approximate surface area is 141 Å². The minimum atomic E-state index is 0.0516. The maximum absolute atomic E-state index is 12.4. The van der Waals surface area contributed by atoms with Crippen LogP contribution in [-0.2, 0) is 18.3 Å². The lowest BCUT2D eigenvalue weighted by molar-refractivity contribution is -0.120. The van der Waals surface area contributed by atoms with E-state index in [1.165, 1.54) is 5.56 Å². The van der Waals surface area contributed by atoms with Gasteiger partial charge in [-0.2, -0.15) is 0 Å². The van der Waals surface area contributed by atoms with Gasteiger partial charge in [0.15, 0.2) is 0 Å². The third-order valence-electron chi connectivity index (χ3n) is 4.67. The Kier molecular flexibility index (Phi) is 3.73. The van der Waals surface area contributed by atoms with Crippen LogP contribution in [0.25, 0.3) is 10.9 Å². The molecule has 4 rings (SSSR count). The van der Waals surface area contributed by atoms with Crippen LogP contribution in [0, 0.1) is 0 Å². The first-order valence-corrected chi connectivity index (χ1v) is 8.24. The molecule has 2 aromatic carbocycles. The summed E-state index contributed by atoms with van der Waals surface area (Å²) in [5.74, 6) is 1.22. The molecule has 1 aliphatic heterocycles. The van der Waals surface area contributed by atoms with Crippen LogP contribution in [0.4, 0.5) is 0 Å². The van der Waals surface area contributed by atoms with Crippen molar-refractivity contribution in [2.75, 3.05) is 13.2 Å². The van der Waals surface area contributed by atoms with Gasteiger partial charge in [-0.3, -0.25) is 4.79 Å². The Balaban J connectivity index is 1.42. The zero-order valence-electron chi connectivity index (χ0n) is 13.7. The smallest absolute Gasteiger partial charge is 0.224 e. The van der Waals surface area contributed by atoms with Gasteiger partial charge in [0.05, 0.1) is 13.0 Å². The summed E-state index contributed by atoms with van der Waals surface area (Å²) in [5.41, 5.74) is 3.40. The lowest BCUT2D eigenvalue weighted by Crippen LogP contribution is -2.30. The number of ether oxygens (including phenoxy) is 1. The van der Waals surface area contributed by atoms with Gasteiger partial charge in [0, 0.05) is 42.2 Å². The Hall–Kier alpha value is -2.75. The molecule has 0 unspecified atom stereocenters. The van der Waals surface area contributed by atoms with Crippen LogP contribution in [0.2, 0.25) is 0 Å². The number of nitrogens with zero attached hydrogens (tertiary/aromatic N) is 1. The molecule has 24 heavy (non-hydrogen) atoms. The molecule has 2 heterocycles. The number of hydrogen-bond donors (Lipinski definition) is 1. The molecule has 0 bridgehead atoms. The molecule has 0 spiro atoms. The summed E-state index contributed by atoms with van der Waals surface area (Å²) in [6.45, 7) is 1.24. The van der Waals surface area contributed by atoms with Crippen LogP contribution in [0.3, 0.4) is 0 Å². The summed E-state index contributed by atoms with van der Waals surface area (Å²) in [6.07, 6.45) is 2.44. The van der Waals surface area contributed by atoms with E-state index in [2.05, 4.69) is 28.1 Å². The fourth-order valence-electron chi connectivity index (χ4n) is 3.44. The van der Waals surface area contributed by atoms with Crippen molar-refractivity contribution in [1.29, 1.82) is 0 Å². The van der Waals surface area contributed by atoms with E-state index in [0.29, 0.717) is 19.6 Å². The minimum absolute atomic E-state index is 0.0516. The highest BCUT2D eigenvalue weighted by atomic mass is 16.5. The zero-order chi connectivity index (χ0) is 16.5. The molecular formula is C20H20N2O2. The number of amides is 1. The summed E-state index contributed by atoms with van der Waals surface area (Å²) in [4.78, 5) is 12.4. The minimum Gasteiger partial charge on any atom is -0.493 e. The van der Waals surface area contributed by atoms with E-state index < -0.39 is 0 Å². The number of fused-ring (bicyclic) bond motifs is 2. The quantitative estimate of drug-likeness (QED) is 0.803. The van der Waals surface area contributed by atoms with Gasteiger partial charge >= 0.3 is 0 Å². The lowest BCUT2D eigenvalue weighted by atomic mass is 10.0. The van der Waals surface area contributed by atoms with Gasteiger partial charge < -0.3 is 14.6 Å². The van der Waals surface area contributed by atoms with Crippen LogP contribution in [0.1, 0.15) is 17.0 Å². The summed E-state index contributed by atoms with van der Waals surface area (Å²) in [7, 11) is 2.01. The Bertz CT molecular complexity index is 898. The second kappa shape index (κ2) is 6.04. The molecular weight excluding hydrogens is 300 g/mol. The second-order valence-corrected chi connectivity index (χ2v) is 6.31. The van der Waals surface area contributed by atoms with Crippen molar-refractivity contribution in [1.82, 2.24) is 9.88 Å². The normalized spacial score (nSPS) is 16.0. The van der Waals surface area contributed by atoms with Crippen LogP contribution in [0.5, 0.6) is 5.75 Å². The molecule has 4 nitrogen and oxygen atoms in total. The van der Waals surface area contributed by atoms with Gasteiger partial charge in [-0.1, -0.05) is 36.4 Å². The summed E-state index contributed by atoms with van der Waals surface area (Å²) >= 11 is 0. The molecule has 1 atom stereocenters. The molecule has 122 valence electrons. The van der Waals surface area contributed by atoms with E-state index in [4.69, 9.17) is 4.74 Å². The predicted molar refractivity (Wildman–Crippen MR) is 94.3 cm³/mol. The molecule has 1 amide bonds. The monoisotopic (exact) mass is 320 g/mol. The third kappa shape index (κ3) is 2.64. The van der Waals surface area contributed by atoms with Crippen molar-refractivity contribution in [2.24, 2.45) is 7.05 Å². The summed E-state index contributed by atoms with van der Waals surface area (Å²) < 4.78 is 7.74. The van der Waals surface area contributed by atoms with E-state index in [1.807, 2.05) is 43.6 Å². The van der Waals surface area contributed by atoms with Gasteiger partial charge in [0.2, 0.25) is 5.91 Å². The molecule has 4 heteroatoms. The van der Waals surface area contributed by atoms with Crippen LogP contribution in [0.15, 0.2) is 54.7 Å². The number of aromatic nitrogens is 1. The topological polar surface area (TPSA) is 43.3 Å². The van der Waals surface area contributed by atoms with Crippen LogP contribution >= 0.6 is 0 Å². The molecule has 1 aromatic heterocycles. The lowest BCUT2D eigenvalue weighted by Gasteiger charge is -2.10. The molecule has 1 N–H and O–H groups in total. The first kappa shape index (κ1) is 14.8. The van der Waals surface area contributed by atoms with Gasteiger partial charge in [-0.15, -0.1) is 0 Å².